The van der Waals surface area contributed by atoms with E-state index in [0.29, 0.717) is 5.69 Å². The maximum absolute atomic E-state index is 12.0. The minimum absolute atomic E-state index is 0.0976. The molecule has 0 aliphatic carbocycles. The summed E-state index contributed by atoms with van der Waals surface area (Å²) in [6.45, 7) is 1.44. The zero-order chi connectivity index (χ0) is 14.7. The Morgan fingerprint density at radius 3 is 2.50 bits per heavy atom. The molecule has 1 amide bonds. The number of carboxylic acids is 1. The second-order valence-electron chi connectivity index (χ2n) is 3.95. The number of hydrogen-bond donors (Lipinski definition) is 2. The standard InChI is InChI=1S/C13H12N2O4S/c1-7-10(13(17)18)11(15-19-7)12(16)14-8-3-5-9(20-2)6-4-8/h3-6H,1-2H3,(H,14,16)(H,17,18). The zero-order valence-corrected chi connectivity index (χ0v) is 11.7. The first kappa shape index (κ1) is 14.1. The molecular formula is C13H12N2O4S. The summed E-state index contributed by atoms with van der Waals surface area (Å²) in [5, 5.41) is 15.1. The van der Waals surface area contributed by atoms with Gasteiger partial charge in [0.2, 0.25) is 0 Å². The van der Waals surface area contributed by atoms with Crippen LogP contribution in [0.3, 0.4) is 0 Å². The Morgan fingerprint density at radius 2 is 1.95 bits per heavy atom. The van der Waals surface area contributed by atoms with Gasteiger partial charge >= 0.3 is 5.97 Å². The molecule has 2 N–H and O–H groups in total. The number of aromatic carboxylic acids is 1. The van der Waals surface area contributed by atoms with Gasteiger partial charge in [-0.2, -0.15) is 0 Å². The summed E-state index contributed by atoms with van der Waals surface area (Å²) < 4.78 is 4.76. The van der Waals surface area contributed by atoms with Crippen LogP contribution in [0.25, 0.3) is 0 Å². The zero-order valence-electron chi connectivity index (χ0n) is 10.8. The Balaban J connectivity index is 2.21. The summed E-state index contributed by atoms with van der Waals surface area (Å²) in [6.07, 6.45) is 1.95. The molecule has 6 nitrogen and oxygen atoms in total. The number of carboxylic acid groups (broad SMARTS) is 1. The van der Waals surface area contributed by atoms with E-state index in [1.165, 1.54) is 6.92 Å². The molecule has 104 valence electrons. The van der Waals surface area contributed by atoms with Crippen LogP contribution in [0.5, 0.6) is 0 Å². The molecule has 0 atom stereocenters. The predicted octanol–water partition coefficient (Wildman–Crippen LogP) is 2.66. The maximum atomic E-state index is 12.0. The van der Waals surface area contributed by atoms with E-state index in [9.17, 15) is 9.59 Å². The molecule has 1 aromatic carbocycles. The average Bonchev–Trinajstić information content (AvgIpc) is 2.81. The highest BCUT2D eigenvalue weighted by molar-refractivity contribution is 7.98. The fourth-order valence-corrected chi connectivity index (χ4v) is 2.05. The molecule has 2 rings (SSSR count). The number of aromatic nitrogens is 1. The monoisotopic (exact) mass is 292 g/mol. The van der Waals surface area contributed by atoms with Gasteiger partial charge in [-0.25, -0.2) is 4.79 Å². The van der Waals surface area contributed by atoms with E-state index in [0.717, 1.165) is 4.90 Å². The molecule has 0 radical (unpaired) electrons. The normalized spacial score (nSPS) is 10.3. The Morgan fingerprint density at radius 1 is 1.30 bits per heavy atom. The Kier molecular flexibility index (Phi) is 4.09. The molecule has 0 fully saturated rings. The van der Waals surface area contributed by atoms with Crippen LogP contribution in [0.1, 0.15) is 26.6 Å². The van der Waals surface area contributed by atoms with Gasteiger partial charge in [0.25, 0.3) is 5.91 Å². The second-order valence-corrected chi connectivity index (χ2v) is 4.83. The summed E-state index contributed by atoms with van der Waals surface area (Å²) >= 11 is 1.58. The lowest BCUT2D eigenvalue weighted by molar-refractivity contribution is 0.0691. The van der Waals surface area contributed by atoms with E-state index >= 15 is 0 Å². The molecule has 0 unspecified atom stereocenters. The van der Waals surface area contributed by atoms with Crippen LogP contribution < -0.4 is 5.32 Å². The molecule has 0 saturated heterocycles. The minimum Gasteiger partial charge on any atom is -0.477 e. The molecule has 2 aromatic rings. The molecule has 0 aliphatic rings. The minimum atomic E-state index is -1.24. The van der Waals surface area contributed by atoms with Crippen molar-refractivity contribution in [2.45, 2.75) is 11.8 Å². The molecule has 0 aliphatic heterocycles. The Hall–Kier alpha value is -2.28. The van der Waals surface area contributed by atoms with Crippen LogP contribution in [0, 0.1) is 6.92 Å². The average molecular weight is 292 g/mol. The summed E-state index contributed by atoms with van der Waals surface area (Å²) in [7, 11) is 0. The van der Waals surface area contributed by atoms with Crippen molar-refractivity contribution in [2.75, 3.05) is 11.6 Å². The molecule has 0 saturated carbocycles. The van der Waals surface area contributed by atoms with Gasteiger partial charge in [0.15, 0.2) is 5.69 Å². The third kappa shape index (κ3) is 2.83. The molecule has 7 heteroatoms. The number of nitrogens with one attached hydrogen (secondary N) is 1. The van der Waals surface area contributed by atoms with Crippen molar-refractivity contribution in [3.8, 4) is 0 Å². The van der Waals surface area contributed by atoms with Crippen LogP contribution in [0.4, 0.5) is 5.69 Å². The van der Waals surface area contributed by atoms with Crippen molar-refractivity contribution in [1.29, 1.82) is 0 Å². The molecule has 20 heavy (non-hydrogen) atoms. The summed E-state index contributed by atoms with van der Waals surface area (Å²) in [4.78, 5) is 24.1. The molecule has 0 bridgehead atoms. The number of hydrogen-bond acceptors (Lipinski definition) is 5. The first-order chi connectivity index (χ1) is 9.52. The lowest BCUT2D eigenvalue weighted by Crippen LogP contribution is -2.16. The second kappa shape index (κ2) is 5.79. The SMILES string of the molecule is CSc1ccc(NC(=O)c2noc(C)c2C(=O)O)cc1. The maximum Gasteiger partial charge on any atom is 0.341 e. The number of thioether (sulfide) groups is 1. The molecule has 0 spiro atoms. The summed E-state index contributed by atoms with van der Waals surface area (Å²) in [5.74, 6) is -1.76. The van der Waals surface area contributed by atoms with Gasteiger partial charge in [-0.05, 0) is 37.4 Å². The van der Waals surface area contributed by atoms with Gasteiger partial charge in [0.1, 0.15) is 11.3 Å². The number of nitrogens with zero attached hydrogens (tertiary/aromatic N) is 1. The van der Waals surface area contributed by atoms with Crippen LogP contribution >= 0.6 is 11.8 Å². The van der Waals surface area contributed by atoms with Crippen molar-refractivity contribution < 1.29 is 19.2 Å². The Bertz CT molecular complexity index is 649. The highest BCUT2D eigenvalue weighted by Gasteiger charge is 2.25. The number of amides is 1. The topological polar surface area (TPSA) is 92.4 Å². The van der Waals surface area contributed by atoms with Crippen molar-refractivity contribution in [3.63, 3.8) is 0 Å². The van der Waals surface area contributed by atoms with Gasteiger partial charge in [-0.3, -0.25) is 4.79 Å². The van der Waals surface area contributed by atoms with E-state index in [-0.39, 0.29) is 17.0 Å². The number of carbonyl (C=O) groups excluding carboxylic acids is 1. The van der Waals surface area contributed by atoms with Crippen molar-refractivity contribution in [1.82, 2.24) is 5.16 Å². The highest BCUT2D eigenvalue weighted by atomic mass is 32.2. The van der Waals surface area contributed by atoms with Crippen LogP contribution in [0.2, 0.25) is 0 Å². The quantitative estimate of drug-likeness (QED) is 0.842. The number of aryl methyl sites for hydroxylation is 1. The number of anilines is 1. The van der Waals surface area contributed by atoms with E-state index < -0.39 is 11.9 Å². The number of rotatable bonds is 4. The van der Waals surface area contributed by atoms with Crippen LogP contribution in [-0.4, -0.2) is 28.4 Å². The number of carbonyl (C=O) groups is 2. The first-order valence-electron chi connectivity index (χ1n) is 5.68. The van der Waals surface area contributed by atoms with Crippen molar-refractivity contribution >= 4 is 29.3 Å². The van der Waals surface area contributed by atoms with Gasteiger partial charge in [0.05, 0.1) is 0 Å². The lowest BCUT2D eigenvalue weighted by Gasteiger charge is -2.04. The predicted molar refractivity (Wildman–Crippen MR) is 74.4 cm³/mol. The third-order valence-corrected chi connectivity index (χ3v) is 3.38. The van der Waals surface area contributed by atoms with Crippen LogP contribution in [-0.2, 0) is 0 Å². The van der Waals surface area contributed by atoms with E-state index in [1.54, 1.807) is 23.9 Å². The van der Waals surface area contributed by atoms with Crippen molar-refractivity contribution in [3.05, 3.63) is 41.3 Å². The Labute approximate surface area is 119 Å². The third-order valence-electron chi connectivity index (χ3n) is 2.64. The molecule has 1 heterocycles. The molecular weight excluding hydrogens is 280 g/mol. The number of benzene rings is 1. The van der Waals surface area contributed by atoms with Gasteiger partial charge in [-0.15, -0.1) is 11.8 Å². The van der Waals surface area contributed by atoms with Gasteiger partial charge in [0, 0.05) is 10.6 Å². The van der Waals surface area contributed by atoms with Gasteiger partial charge in [-0.1, -0.05) is 5.16 Å². The highest BCUT2D eigenvalue weighted by Crippen LogP contribution is 2.19. The molecule has 1 aromatic heterocycles. The smallest absolute Gasteiger partial charge is 0.341 e. The lowest BCUT2D eigenvalue weighted by atomic mass is 10.2. The fourth-order valence-electron chi connectivity index (χ4n) is 1.64. The largest absolute Gasteiger partial charge is 0.477 e. The van der Waals surface area contributed by atoms with Crippen LogP contribution in [0.15, 0.2) is 33.7 Å². The summed E-state index contributed by atoms with van der Waals surface area (Å²) in [6, 6.07) is 7.17. The fraction of sp³-hybridized carbons (Fsp3) is 0.154. The first-order valence-corrected chi connectivity index (χ1v) is 6.90. The van der Waals surface area contributed by atoms with E-state index in [2.05, 4.69) is 10.5 Å². The van der Waals surface area contributed by atoms with Gasteiger partial charge < -0.3 is 14.9 Å². The van der Waals surface area contributed by atoms with E-state index in [4.69, 9.17) is 9.63 Å². The summed E-state index contributed by atoms with van der Waals surface area (Å²) in [5.41, 5.74) is 0.108. The van der Waals surface area contributed by atoms with Crippen molar-refractivity contribution in [2.24, 2.45) is 0 Å². The van der Waals surface area contributed by atoms with E-state index in [1.807, 2.05) is 18.4 Å².